The second-order valence-corrected chi connectivity index (χ2v) is 10.8. The predicted molar refractivity (Wildman–Crippen MR) is 98.6 cm³/mol. The zero-order valence-corrected chi connectivity index (χ0v) is 18.2. The second-order valence-electron chi connectivity index (χ2n) is 6.38. The number of nitrogens with zero attached hydrogens (tertiary/aromatic N) is 3. The van der Waals surface area contributed by atoms with Crippen molar-refractivity contribution in [2.75, 3.05) is 6.61 Å². The Bertz CT molecular complexity index is 1180. The van der Waals surface area contributed by atoms with Gasteiger partial charge in [-0.2, -0.15) is 8.62 Å². The van der Waals surface area contributed by atoms with Gasteiger partial charge < -0.3 is 44.1 Å². The average molecular weight is 522 g/mol. The molecule has 180 valence electrons. The van der Waals surface area contributed by atoms with Crippen LogP contribution in [0.25, 0.3) is 11.2 Å². The van der Waals surface area contributed by atoms with Crippen LogP contribution in [-0.2, 0) is 38.1 Å². The monoisotopic (exact) mass is 522 g/mol. The number of aromatic amines is 1. The highest BCUT2D eigenvalue weighted by molar-refractivity contribution is 7.66. The topological polar surface area (TPSA) is 273 Å². The summed E-state index contributed by atoms with van der Waals surface area (Å²) in [6.45, 7) is -1.09. The molecule has 0 bridgehead atoms. The molecule has 6 atom stereocenters. The standard InChI is InChI=1S/C11H17N4O14P3/c16-8-5(1-15-4-14-7-10(15)12-3-13-11(7)18)27-6(9(8)17)2-26-31(22,23)29-32(24,25)28-30(19,20)21/h3-6,8-9,16-17H,1-2H2,(H,22,23)(H,24,25)(H,12,13,18)(H2,19,20,21)/t5-,6+,8?,9-/m0/s1. The minimum atomic E-state index is -5.70. The van der Waals surface area contributed by atoms with Crippen molar-refractivity contribution >= 4 is 34.6 Å². The van der Waals surface area contributed by atoms with E-state index in [4.69, 9.17) is 19.4 Å². The molecular weight excluding hydrogens is 505 g/mol. The van der Waals surface area contributed by atoms with Crippen molar-refractivity contribution in [3.05, 3.63) is 23.0 Å². The van der Waals surface area contributed by atoms with Crippen molar-refractivity contribution in [2.45, 2.75) is 31.0 Å². The number of H-pyrrole nitrogens is 1. The van der Waals surface area contributed by atoms with E-state index in [-0.39, 0.29) is 17.7 Å². The number of fused-ring (bicyclic) bond motifs is 1. The molecule has 0 radical (unpaired) electrons. The number of hydrogen-bond acceptors (Lipinski definition) is 12. The predicted octanol–water partition coefficient (Wildman–Crippen LogP) is -2.05. The van der Waals surface area contributed by atoms with Crippen LogP contribution in [0.5, 0.6) is 0 Å². The molecule has 1 fully saturated rings. The van der Waals surface area contributed by atoms with Crippen molar-refractivity contribution < 1.29 is 61.4 Å². The number of phosphoric ester groups is 1. The van der Waals surface area contributed by atoms with Crippen LogP contribution < -0.4 is 5.56 Å². The van der Waals surface area contributed by atoms with Crippen molar-refractivity contribution in [1.82, 2.24) is 19.5 Å². The number of aliphatic hydroxyl groups excluding tert-OH is 2. The third kappa shape index (κ3) is 6.15. The quantitative estimate of drug-likeness (QED) is 0.175. The highest BCUT2D eigenvalue weighted by atomic mass is 31.3. The second kappa shape index (κ2) is 9.12. The lowest BCUT2D eigenvalue weighted by Gasteiger charge is -2.19. The first-order chi connectivity index (χ1) is 14.7. The summed E-state index contributed by atoms with van der Waals surface area (Å²) in [5.41, 5.74) is -0.323. The van der Waals surface area contributed by atoms with Gasteiger partial charge in [-0.25, -0.2) is 23.7 Å². The van der Waals surface area contributed by atoms with Gasteiger partial charge in [0, 0.05) is 0 Å². The van der Waals surface area contributed by atoms with Gasteiger partial charge in [0.15, 0.2) is 11.2 Å². The van der Waals surface area contributed by atoms with Crippen molar-refractivity contribution in [2.24, 2.45) is 0 Å². The van der Waals surface area contributed by atoms with E-state index < -0.39 is 60.1 Å². The van der Waals surface area contributed by atoms with Gasteiger partial charge in [-0.05, 0) is 0 Å². The Kier molecular flexibility index (Phi) is 7.20. The molecule has 0 aromatic carbocycles. The van der Waals surface area contributed by atoms with Gasteiger partial charge in [0.1, 0.15) is 24.4 Å². The van der Waals surface area contributed by atoms with Crippen LogP contribution >= 0.6 is 23.5 Å². The van der Waals surface area contributed by atoms with E-state index in [1.54, 1.807) is 0 Å². The summed E-state index contributed by atoms with van der Waals surface area (Å²) in [7, 11) is -16.7. The zero-order valence-electron chi connectivity index (χ0n) is 15.5. The van der Waals surface area contributed by atoms with Gasteiger partial charge in [0.2, 0.25) is 0 Å². The fourth-order valence-corrected chi connectivity index (χ4v) is 5.83. The molecule has 0 amide bonds. The third-order valence-electron chi connectivity index (χ3n) is 4.06. The first kappa shape index (κ1) is 25.3. The number of aliphatic hydroxyl groups is 2. The number of ether oxygens (including phenoxy) is 1. The number of rotatable bonds is 9. The highest BCUT2D eigenvalue weighted by Crippen LogP contribution is 2.66. The fourth-order valence-electron chi connectivity index (χ4n) is 2.80. The van der Waals surface area contributed by atoms with Gasteiger partial charge in [0.05, 0.1) is 25.8 Å². The maximum Gasteiger partial charge on any atom is 0.490 e. The minimum Gasteiger partial charge on any atom is -0.388 e. The van der Waals surface area contributed by atoms with Crippen molar-refractivity contribution in [3.63, 3.8) is 0 Å². The number of aromatic nitrogens is 4. The maximum absolute atomic E-state index is 11.8. The zero-order chi connectivity index (χ0) is 23.9. The molecule has 2 aromatic rings. The first-order valence-corrected chi connectivity index (χ1v) is 12.9. The Balaban J connectivity index is 1.63. The molecule has 21 heteroatoms. The SMILES string of the molecule is O=c1[nH]cnc2c1ncn2C[C@@H]1O[C@H](COP(=O)(O)OP(=O)(O)OP(=O)(O)O)[C@H](O)C1O. The Hall–Kier alpha value is -1.36. The molecule has 3 unspecified atom stereocenters. The third-order valence-corrected chi connectivity index (χ3v) is 7.87. The average Bonchev–Trinajstić information content (AvgIpc) is 3.15. The summed E-state index contributed by atoms with van der Waals surface area (Å²) in [5.74, 6) is 0. The molecule has 2 aromatic heterocycles. The molecule has 0 spiro atoms. The van der Waals surface area contributed by atoms with E-state index in [9.17, 15) is 33.6 Å². The number of imidazole rings is 1. The minimum absolute atomic E-state index is 0.0183. The van der Waals surface area contributed by atoms with Crippen LogP contribution in [0.3, 0.4) is 0 Å². The molecule has 7 N–H and O–H groups in total. The summed E-state index contributed by atoms with van der Waals surface area (Å²) in [5, 5.41) is 20.3. The van der Waals surface area contributed by atoms with E-state index in [1.807, 2.05) is 0 Å². The van der Waals surface area contributed by atoms with Gasteiger partial charge >= 0.3 is 23.5 Å². The normalized spacial score (nSPS) is 27.9. The van der Waals surface area contributed by atoms with Crippen LogP contribution in [0.1, 0.15) is 0 Å². The molecule has 0 saturated carbocycles. The summed E-state index contributed by atoms with van der Waals surface area (Å²) >= 11 is 0. The first-order valence-electron chi connectivity index (χ1n) is 8.36. The van der Waals surface area contributed by atoms with Gasteiger partial charge in [-0.1, -0.05) is 0 Å². The fraction of sp³-hybridized carbons (Fsp3) is 0.545. The lowest BCUT2D eigenvalue weighted by Crippen LogP contribution is -2.35. The molecular formula is C11H17N4O14P3. The molecule has 18 nitrogen and oxygen atoms in total. The number of phosphoric acid groups is 3. The van der Waals surface area contributed by atoms with Gasteiger partial charge in [-0.15, -0.1) is 0 Å². The molecule has 1 saturated heterocycles. The smallest absolute Gasteiger partial charge is 0.388 e. The van der Waals surface area contributed by atoms with Crippen LogP contribution in [0.4, 0.5) is 0 Å². The van der Waals surface area contributed by atoms with Gasteiger partial charge in [0.25, 0.3) is 5.56 Å². The van der Waals surface area contributed by atoms with E-state index in [1.165, 1.54) is 10.9 Å². The lowest BCUT2D eigenvalue weighted by atomic mass is 10.1. The van der Waals surface area contributed by atoms with E-state index in [2.05, 4.69) is 28.1 Å². The summed E-state index contributed by atoms with van der Waals surface area (Å²) in [6, 6.07) is 0. The molecule has 32 heavy (non-hydrogen) atoms. The summed E-state index contributed by atoms with van der Waals surface area (Å²) in [6.07, 6.45) is -3.32. The van der Waals surface area contributed by atoms with Crippen LogP contribution in [-0.4, -0.2) is 80.3 Å². The molecule has 1 aliphatic rings. The lowest BCUT2D eigenvalue weighted by molar-refractivity contribution is -0.0257. The molecule has 3 heterocycles. The number of nitrogens with one attached hydrogen (secondary N) is 1. The van der Waals surface area contributed by atoms with Crippen molar-refractivity contribution in [3.8, 4) is 0 Å². The van der Waals surface area contributed by atoms with Crippen LogP contribution in [0, 0.1) is 0 Å². The molecule has 3 rings (SSSR count). The van der Waals surface area contributed by atoms with E-state index in [0.29, 0.717) is 0 Å². The van der Waals surface area contributed by atoms with Crippen LogP contribution in [0.2, 0.25) is 0 Å². The number of hydrogen-bond donors (Lipinski definition) is 7. The Morgan fingerprint density at radius 1 is 1.03 bits per heavy atom. The Morgan fingerprint density at radius 2 is 1.69 bits per heavy atom. The van der Waals surface area contributed by atoms with E-state index in [0.717, 1.165) is 6.33 Å². The largest absolute Gasteiger partial charge is 0.490 e. The van der Waals surface area contributed by atoms with Crippen molar-refractivity contribution in [1.29, 1.82) is 0 Å². The highest BCUT2D eigenvalue weighted by Gasteiger charge is 2.46. The van der Waals surface area contributed by atoms with Crippen LogP contribution in [0.15, 0.2) is 17.4 Å². The Labute approximate surface area is 176 Å². The maximum atomic E-state index is 11.8. The molecule has 1 aliphatic heterocycles. The summed E-state index contributed by atoms with van der Waals surface area (Å²) < 4.78 is 52.0. The van der Waals surface area contributed by atoms with Gasteiger partial charge in [-0.3, -0.25) is 9.32 Å². The Morgan fingerprint density at radius 3 is 2.34 bits per heavy atom. The summed E-state index contributed by atoms with van der Waals surface area (Å²) in [4.78, 5) is 57.4. The molecule has 0 aliphatic carbocycles. The van der Waals surface area contributed by atoms with E-state index >= 15 is 0 Å².